The SMILES string of the molecule is Nc1ncc(-c2cccc(C(F)(F)F)c2)c([C@H]2CCCCN2C(=O)CCCN2CCCCCC2)n1. The van der Waals surface area contributed by atoms with Gasteiger partial charge >= 0.3 is 6.18 Å². The van der Waals surface area contributed by atoms with Crippen LogP contribution in [0, 0.1) is 0 Å². The first-order chi connectivity index (χ1) is 16.8. The third-order valence-corrected chi connectivity index (χ3v) is 7.04. The number of likely N-dealkylation sites (tertiary alicyclic amines) is 2. The number of aromatic nitrogens is 2. The largest absolute Gasteiger partial charge is 0.416 e. The molecule has 2 aromatic rings. The molecule has 3 heterocycles. The lowest BCUT2D eigenvalue weighted by molar-refractivity contribution is -0.137. The summed E-state index contributed by atoms with van der Waals surface area (Å²) in [5.41, 5.74) is 6.54. The van der Waals surface area contributed by atoms with Crippen LogP contribution in [0.1, 0.15) is 75.1 Å². The van der Waals surface area contributed by atoms with Crippen molar-refractivity contribution in [2.24, 2.45) is 0 Å². The Morgan fingerprint density at radius 1 is 1.06 bits per heavy atom. The van der Waals surface area contributed by atoms with Crippen LogP contribution in [0.15, 0.2) is 30.5 Å². The van der Waals surface area contributed by atoms with Gasteiger partial charge in [0.1, 0.15) is 0 Å². The first kappa shape index (κ1) is 25.4. The average molecular weight is 490 g/mol. The highest BCUT2D eigenvalue weighted by atomic mass is 19.4. The first-order valence-electron chi connectivity index (χ1n) is 12.6. The molecule has 0 unspecified atom stereocenters. The zero-order valence-corrected chi connectivity index (χ0v) is 20.1. The van der Waals surface area contributed by atoms with Crippen molar-refractivity contribution >= 4 is 11.9 Å². The molecule has 0 bridgehead atoms. The van der Waals surface area contributed by atoms with Gasteiger partial charge in [-0.05, 0) is 75.9 Å². The van der Waals surface area contributed by atoms with Crippen molar-refractivity contribution in [3.63, 3.8) is 0 Å². The molecule has 2 aliphatic heterocycles. The maximum atomic E-state index is 13.3. The van der Waals surface area contributed by atoms with E-state index in [1.807, 2.05) is 4.90 Å². The minimum Gasteiger partial charge on any atom is -0.368 e. The Morgan fingerprint density at radius 3 is 2.54 bits per heavy atom. The molecule has 1 atom stereocenters. The van der Waals surface area contributed by atoms with Gasteiger partial charge in [0, 0.05) is 24.7 Å². The van der Waals surface area contributed by atoms with Crippen molar-refractivity contribution < 1.29 is 18.0 Å². The summed E-state index contributed by atoms with van der Waals surface area (Å²) in [6, 6.07) is 4.81. The van der Waals surface area contributed by atoms with Crippen LogP contribution < -0.4 is 5.73 Å². The summed E-state index contributed by atoms with van der Waals surface area (Å²) in [5, 5.41) is 0. The quantitative estimate of drug-likeness (QED) is 0.584. The molecule has 35 heavy (non-hydrogen) atoms. The Bertz CT molecular complexity index is 1000. The third kappa shape index (κ3) is 6.51. The van der Waals surface area contributed by atoms with Gasteiger partial charge in [-0.15, -0.1) is 0 Å². The lowest BCUT2D eigenvalue weighted by atomic mass is 9.93. The highest BCUT2D eigenvalue weighted by molar-refractivity contribution is 5.77. The fourth-order valence-corrected chi connectivity index (χ4v) is 5.22. The highest BCUT2D eigenvalue weighted by Gasteiger charge is 2.33. The van der Waals surface area contributed by atoms with Crippen LogP contribution >= 0.6 is 0 Å². The van der Waals surface area contributed by atoms with Gasteiger partial charge < -0.3 is 15.5 Å². The van der Waals surface area contributed by atoms with Crippen molar-refractivity contribution in [2.45, 2.75) is 70.0 Å². The third-order valence-electron chi connectivity index (χ3n) is 7.04. The number of rotatable bonds is 6. The maximum absolute atomic E-state index is 13.3. The number of halogens is 3. The molecule has 0 radical (unpaired) electrons. The molecule has 2 fully saturated rings. The zero-order valence-electron chi connectivity index (χ0n) is 20.1. The summed E-state index contributed by atoms with van der Waals surface area (Å²) in [6.07, 6.45) is 5.77. The molecule has 1 amide bonds. The van der Waals surface area contributed by atoms with Crippen LogP contribution in [-0.4, -0.2) is 51.9 Å². The van der Waals surface area contributed by atoms with Crippen LogP contribution in [0.3, 0.4) is 0 Å². The van der Waals surface area contributed by atoms with E-state index in [4.69, 9.17) is 5.73 Å². The molecule has 6 nitrogen and oxygen atoms in total. The fourth-order valence-electron chi connectivity index (χ4n) is 5.22. The summed E-state index contributed by atoms with van der Waals surface area (Å²) in [5.74, 6) is 0.117. The molecule has 9 heteroatoms. The van der Waals surface area contributed by atoms with E-state index in [2.05, 4.69) is 14.9 Å². The van der Waals surface area contributed by atoms with Gasteiger partial charge in [0.15, 0.2) is 0 Å². The molecule has 2 aliphatic rings. The molecule has 190 valence electrons. The lowest BCUT2D eigenvalue weighted by Crippen LogP contribution is -2.39. The number of anilines is 1. The van der Waals surface area contributed by atoms with Crippen molar-refractivity contribution in [3.05, 3.63) is 41.7 Å². The number of nitrogens with two attached hydrogens (primary N) is 1. The van der Waals surface area contributed by atoms with Crippen LogP contribution in [0.2, 0.25) is 0 Å². The smallest absolute Gasteiger partial charge is 0.368 e. The number of nitrogens with zero attached hydrogens (tertiary/aromatic N) is 4. The van der Waals surface area contributed by atoms with Gasteiger partial charge in [0.05, 0.1) is 17.3 Å². The van der Waals surface area contributed by atoms with E-state index in [1.165, 1.54) is 37.9 Å². The first-order valence-corrected chi connectivity index (χ1v) is 12.6. The second-order valence-corrected chi connectivity index (χ2v) is 9.56. The molecular formula is C26H34F3N5O. The monoisotopic (exact) mass is 489 g/mol. The maximum Gasteiger partial charge on any atom is 0.416 e. The summed E-state index contributed by atoms with van der Waals surface area (Å²) in [7, 11) is 0. The topological polar surface area (TPSA) is 75.3 Å². The lowest BCUT2D eigenvalue weighted by Gasteiger charge is -2.36. The van der Waals surface area contributed by atoms with Crippen molar-refractivity contribution in [2.75, 3.05) is 31.9 Å². The molecule has 0 spiro atoms. The molecule has 2 N–H and O–H groups in total. The Morgan fingerprint density at radius 2 is 1.80 bits per heavy atom. The van der Waals surface area contributed by atoms with Crippen LogP contribution in [-0.2, 0) is 11.0 Å². The van der Waals surface area contributed by atoms with Crippen molar-refractivity contribution in [3.8, 4) is 11.1 Å². The van der Waals surface area contributed by atoms with Gasteiger partial charge in [0.25, 0.3) is 0 Å². The second kappa shape index (κ2) is 11.4. The number of piperidine rings is 1. The number of nitrogen functional groups attached to an aromatic ring is 1. The standard InChI is InChI=1S/C26H34F3N5O/c27-26(28,29)20-10-7-9-19(17-20)21-18-31-25(30)32-24(21)22-11-3-6-16-34(22)23(35)12-8-15-33-13-4-1-2-5-14-33/h7,9-10,17-18,22H,1-6,8,11-16H2,(H2,30,31,32)/t22-/m1/s1. The van der Waals surface area contributed by atoms with E-state index >= 15 is 0 Å². The van der Waals surface area contributed by atoms with Crippen LogP contribution in [0.5, 0.6) is 0 Å². The number of benzene rings is 1. The van der Waals surface area contributed by atoms with Crippen LogP contribution in [0.25, 0.3) is 11.1 Å². The number of alkyl halides is 3. The predicted molar refractivity (Wildman–Crippen MR) is 129 cm³/mol. The second-order valence-electron chi connectivity index (χ2n) is 9.56. The van der Waals surface area contributed by atoms with Gasteiger partial charge in [-0.2, -0.15) is 13.2 Å². The van der Waals surface area contributed by atoms with Gasteiger partial charge in [0.2, 0.25) is 11.9 Å². The van der Waals surface area contributed by atoms with E-state index in [0.29, 0.717) is 36.2 Å². The van der Waals surface area contributed by atoms with E-state index in [-0.39, 0.29) is 17.9 Å². The average Bonchev–Trinajstić information content (AvgIpc) is 3.12. The summed E-state index contributed by atoms with van der Waals surface area (Å²) < 4.78 is 40.0. The van der Waals surface area contributed by atoms with Crippen LogP contribution in [0.4, 0.5) is 19.1 Å². The predicted octanol–water partition coefficient (Wildman–Crippen LogP) is 5.45. The normalized spacial score (nSPS) is 20.0. The van der Waals surface area contributed by atoms with Gasteiger partial charge in [-0.3, -0.25) is 4.79 Å². The summed E-state index contributed by atoms with van der Waals surface area (Å²) >= 11 is 0. The van der Waals surface area contributed by atoms with E-state index in [1.54, 1.807) is 6.07 Å². The molecule has 4 rings (SSSR count). The molecule has 0 saturated carbocycles. The van der Waals surface area contributed by atoms with Gasteiger partial charge in [-0.25, -0.2) is 9.97 Å². The van der Waals surface area contributed by atoms with E-state index < -0.39 is 11.7 Å². The molecule has 0 aliphatic carbocycles. The van der Waals surface area contributed by atoms with Crippen molar-refractivity contribution in [1.29, 1.82) is 0 Å². The number of amides is 1. The number of carbonyl (C=O) groups is 1. The summed E-state index contributed by atoms with van der Waals surface area (Å²) in [4.78, 5) is 26.1. The fraction of sp³-hybridized carbons (Fsp3) is 0.577. The Kier molecular flexibility index (Phi) is 8.26. The van der Waals surface area contributed by atoms with E-state index in [0.717, 1.165) is 51.0 Å². The Labute approximate surface area is 204 Å². The molecule has 2 saturated heterocycles. The molecule has 1 aromatic carbocycles. The van der Waals surface area contributed by atoms with E-state index in [9.17, 15) is 18.0 Å². The number of hydrogen-bond donors (Lipinski definition) is 1. The molecular weight excluding hydrogens is 455 g/mol. The molecule has 1 aromatic heterocycles. The number of hydrogen-bond acceptors (Lipinski definition) is 5. The zero-order chi connectivity index (χ0) is 24.8. The summed E-state index contributed by atoms with van der Waals surface area (Å²) in [6.45, 7) is 3.72. The minimum atomic E-state index is -4.45. The minimum absolute atomic E-state index is 0.0508. The van der Waals surface area contributed by atoms with Gasteiger partial charge in [-0.1, -0.05) is 25.0 Å². The highest BCUT2D eigenvalue weighted by Crippen LogP contribution is 2.38. The number of carbonyl (C=O) groups excluding carboxylic acids is 1. The Balaban J connectivity index is 1.53. The Hall–Kier alpha value is -2.68. The van der Waals surface area contributed by atoms with Crippen molar-refractivity contribution in [1.82, 2.24) is 19.8 Å².